The Morgan fingerprint density at radius 1 is 1.12 bits per heavy atom. The van der Waals surface area contributed by atoms with Crippen molar-refractivity contribution in [2.45, 2.75) is 13.5 Å². The van der Waals surface area contributed by atoms with Crippen LogP contribution in [-0.2, 0) is 20.9 Å². The molecule has 0 spiro atoms. The topological polar surface area (TPSA) is 46.6 Å². The Kier molecular flexibility index (Phi) is 6.46. The number of amides is 1. The Balaban J connectivity index is 1.83. The van der Waals surface area contributed by atoms with Gasteiger partial charge >= 0.3 is 5.97 Å². The van der Waals surface area contributed by atoms with Crippen LogP contribution < -0.4 is 0 Å². The molecule has 0 aliphatic carbocycles. The summed E-state index contributed by atoms with van der Waals surface area (Å²) >= 11 is 0. The largest absolute Gasteiger partial charge is 0.452 e. The van der Waals surface area contributed by atoms with Crippen LogP contribution in [0, 0.1) is 12.7 Å². The van der Waals surface area contributed by atoms with E-state index in [9.17, 15) is 14.0 Å². The molecule has 4 nitrogen and oxygen atoms in total. The molecule has 0 heterocycles. The van der Waals surface area contributed by atoms with Crippen molar-refractivity contribution < 1.29 is 18.7 Å². The van der Waals surface area contributed by atoms with Gasteiger partial charge in [0.25, 0.3) is 5.91 Å². The van der Waals surface area contributed by atoms with E-state index < -0.39 is 11.9 Å². The highest BCUT2D eigenvalue weighted by molar-refractivity contribution is 5.89. The molecule has 0 aliphatic rings. The van der Waals surface area contributed by atoms with E-state index >= 15 is 0 Å². The summed E-state index contributed by atoms with van der Waals surface area (Å²) in [6, 6.07) is 13.8. The van der Waals surface area contributed by atoms with Gasteiger partial charge in [-0.05, 0) is 30.2 Å². The molecule has 0 aliphatic heterocycles. The van der Waals surface area contributed by atoms with Gasteiger partial charge in [0.2, 0.25) is 0 Å². The molecule has 25 heavy (non-hydrogen) atoms. The van der Waals surface area contributed by atoms with Gasteiger partial charge < -0.3 is 9.64 Å². The molecule has 2 aromatic rings. The number of likely N-dealkylation sites (N-methyl/N-ethyl adjacent to an activating group) is 1. The lowest BCUT2D eigenvalue weighted by molar-refractivity contribution is -0.147. The van der Waals surface area contributed by atoms with Gasteiger partial charge in [-0.3, -0.25) is 4.79 Å². The number of carbonyl (C=O) groups excluding carboxylic acids is 2. The summed E-state index contributed by atoms with van der Waals surface area (Å²) in [5.74, 6) is -1.38. The first-order valence-corrected chi connectivity index (χ1v) is 7.85. The Hall–Kier alpha value is -2.95. The van der Waals surface area contributed by atoms with Crippen molar-refractivity contribution in [3.05, 3.63) is 77.1 Å². The average Bonchev–Trinajstić information content (AvgIpc) is 2.60. The monoisotopic (exact) mass is 341 g/mol. The molecule has 0 unspecified atom stereocenters. The predicted octanol–water partition coefficient (Wildman–Crippen LogP) is 3.35. The van der Waals surface area contributed by atoms with Crippen molar-refractivity contribution in [1.29, 1.82) is 0 Å². The van der Waals surface area contributed by atoms with Gasteiger partial charge in [0, 0.05) is 25.2 Å². The van der Waals surface area contributed by atoms with Gasteiger partial charge in [-0.25, -0.2) is 9.18 Å². The summed E-state index contributed by atoms with van der Waals surface area (Å²) in [6.07, 6.45) is 2.93. The smallest absolute Gasteiger partial charge is 0.331 e. The molecular formula is C20H20FNO3. The second kappa shape index (κ2) is 8.78. The number of aryl methyl sites for hydroxylation is 1. The summed E-state index contributed by atoms with van der Waals surface area (Å²) < 4.78 is 18.5. The van der Waals surface area contributed by atoms with Crippen LogP contribution in [0.15, 0.2) is 54.6 Å². The normalized spacial score (nSPS) is 10.7. The van der Waals surface area contributed by atoms with E-state index in [2.05, 4.69) is 0 Å². The zero-order chi connectivity index (χ0) is 18.2. The Bertz CT molecular complexity index is 786. The molecule has 130 valence electrons. The lowest BCUT2D eigenvalue weighted by Gasteiger charge is -2.17. The number of benzene rings is 2. The zero-order valence-corrected chi connectivity index (χ0v) is 14.2. The van der Waals surface area contributed by atoms with Crippen LogP contribution in [0.4, 0.5) is 4.39 Å². The van der Waals surface area contributed by atoms with Gasteiger partial charge in [0.15, 0.2) is 6.61 Å². The van der Waals surface area contributed by atoms with Crippen LogP contribution in [0.25, 0.3) is 6.08 Å². The van der Waals surface area contributed by atoms with E-state index in [1.807, 2.05) is 31.2 Å². The van der Waals surface area contributed by atoms with Crippen molar-refractivity contribution in [2.24, 2.45) is 0 Å². The van der Waals surface area contributed by atoms with Crippen LogP contribution in [0.1, 0.15) is 16.7 Å². The molecule has 0 atom stereocenters. The number of rotatable bonds is 6. The van der Waals surface area contributed by atoms with E-state index in [-0.39, 0.29) is 19.0 Å². The number of halogens is 1. The first-order chi connectivity index (χ1) is 12.0. The number of nitrogens with zero attached hydrogens (tertiary/aromatic N) is 1. The number of ether oxygens (including phenoxy) is 1. The highest BCUT2D eigenvalue weighted by atomic mass is 19.1. The molecule has 0 saturated heterocycles. The van der Waals surface area contributed by atoms with Crippen molar-refractivity contribution in [3.63, 3.8) is 0 Å². The summed E-state index contributed by atoms with van der Waals surface area (Å²) in [7, 11) is 1.53. The highest BCUT2D eigenvalue weighted by Crippen LogP contribution is 2.10. The fourth-order valence-corrected chi connectivity index (χ4v) is 2.19. The average molecular weight is 341 g/mol. The second-order valence-electron chi connectivity index (χ2n) is 5.64. The molecule has 0 aromatic heterocycles. The third-order valence-corrected chi connectivity index (χ3v) is 3.72. The molecule has 0 N–H and O–H groups in total. The minimum Gasteiger partial charge on any atom is -0.452 e. The third-order valence-electron chi connectivity index (χ3n) is 3.72. The SMILES string of the molecule is Cc1ccccc1/C=C/C(=O)OCC(=O)N(C)Cc1ccccc1F. The predicted molar refractivity (Wildman–Crippen MR) is 94.0 cm³/mol. The summed E-state index contributed by atoms with van der Waals surface area (Å²) in [6.45, 7) is 1.66. The molecular weight excluding hydrogens is 321 g/mol. The summed E-state index contributed by atoms with van der Waals surface area (Å²) in [5.41, 5.74) is 2.35. The van der Waals surface area contributed by atoms with E-state index in [1.54, 1.807) is 24.3 Å². The lowest BCUT2D eigenvalue weighted by Crippen LogP contribution is -2.30. The van der Waals surface area contributed by atoms with Crippen LogP contribution >= 0.6 is 0 Å². The van der Waals surface area contributed by atoms with Gasteiger partial charge in [-0.1, -0.05) is 42.5 Å². The highest BCUT2D eigenvalue weighted by Gasteiger charge is 2.13. The molecule has 0 radical (unpaired) electrons. The maximum Gasteiger partial charge on any atom is 0.331 e. The number of hydrogen-bond acceptors (Lipinski definition) is 3. The summed E-state index contributed by atoms with van der Waals surface area (Å²) in [4.78, 5) is 25.0. The van der Waals surface area contributed by atoms with Crippen molar-refractivity contribution in [3.8, 4) is 0 Å². The van der Waals surface area contributed by atoms with E-state index in [1.165, 1.54) is 24.1 Å². The van der Waals surface area contributed by atoms with Crippen molar-refractivity contribution in [1.82, 2.24) is 4.90 Å². The third kappa shape index (κ3) is 5.57. The molecule has 2 aromatic carbocycles. The maximum atomic E-state index is 13.6. The quantitative estimate of drug-likeness (QED) is 0.598. The Morgan fingerprint density at radius 3 is 2.52 bits per heavy atom. The van der Waals surface area contributed by atoms with Gasteiger partial charge in [0.05, 0.1) is 0 Å². The van der Waals surface area contributed by atoms with Crippen LogP contribution in [0.5, 0.6) is 0 Å². The summed E-state index contributed by atoms with van der Waals surface area (Å²) in [5, 5.41) is 0. The maximum absolute atomic E-state index is 13.6. The Morgan fingerprint density at radius 2 is 1.80 bits per heavy atom. The molecule has 2 rings (SSSR count). The second-order valence-corrected chi connectivity index (χ2v) is 5.64. The molecule has 0 bridgehead atoms. The van der Waals surface area contributed by atoms with Gasteiger partial charge in [0.1, 0.15) is 5.82 Å². The van der Waals surface area contributed by atoms with Crippen molar-refractivity contribution >= 4 is 18.0 Å². The minimum atomic E-state index is -0.601. The number of esters is 1. The lowest BCUT2D eigenvalue weighted by atomic mass is 10.1. The Labute approximate surface area is 146 Å². The fourth-order valence-electron chi connectivity index (χ4n) is 2.19. The molecule has 5 heteroatoms. The van der Waals surface area contributed by atoms with Gasteiger partial charge in [-0.2, -0.15) is 0 Å². The molecule has 0 fully saturated rings. The van der Waals surface area contributed by atoms with E-state index in [4.69, 9.17) is 4.74 Å². The van der Waals surface area contributed by atoms with Crippen molar-refractivity contribution in [2.75, 3.05) is 13.7 Å². The number of carbonyl (C=O) groups is 2. The first-order valence-electron chi connectivity index (χ1n) is 7.85. The zero-order valence-electron chi connectivity index (χ0n) is 14.2. The standard InChI is InChI=1S/C20H20FNO3/c1-15-7-3-4-8-16(15)11-12-20(24)25-14-19(23)22(2)13-17-9-5-6-10-18(17)21/h3-12H,13-14H2,1-2H3/b12-11+. The van der Waals surface area contributed by atoms with Crippen LogP contribution in [-0.4, -0.2) is 30.4 Å². The minimum absolute atomic E-state index is 0.113. The first kappa shape index (κ1) is 18.4. The molecule has 1 amide bonds. The number of hydrogen-bond donors (Lipinski definition) is 0. The van der Waals surface area contributed by atoms with E-state index in [0.717, 1.165) is 11.1 Å². The fraction of sp³-hybridized carbons (Fsp3) is 0.200. The van der Waals surface area contributed by atoms with Crippen LogP contribution in [0.2, 0.25) is 0 Å². The van der Waals surface area contributed by atoms with E-state index in [0.29, 0.717) is 5.56 Å². The molecule has 0 saturated carbocycles. The van der Waals surface area contributed by atoms with Crippen LogP contribution in [0.3, 0.4) is 0 Å². The van der Waals surface area contributed by atoms with Gasteiger partial charge in [-0.15, -0.1) is 0 Å².